The molecule has 4 heteroatoms. The number of hydrogen-bond donors (Lipinski definition) is 1. The van der Waals surface area contributed by atoms with Crippen molar-refractivity contribution in [1.29, 1.82) is 5.26 Å². The van der Waals surface area contributed by atoms with Crippen molar-refractivity contribution in [2.24, 2.45) is 0 Å². The van der Waals surface area contributed by atoms with Crippen molar-refractivity contribution < 1.29 is 9.21 Å². The van der Waals surface area contributed by atoms with E-state index in [2.05, 4.69) is 5.32 Å². The van der Waals surface area contributed by atoms with Gasteiger partial charge in [0.2, 0.25) is 0 Å². The van der Waals surface area contributed by atoms with E-state index in [1.54, 1.807) is 12.1 Å². The fourth-order valence-corrected chi connectivity index (χ4v) is 1.88. The topological polar surface area (TPSA) is 66.0 Å². The maximum atomic E-state index is 11.9. The first-order valence-corrected chi connectivity index (χ1v) is 6.69. The predicted octanol–water partition coefficient (Wildman–Crippen LogP) is 2.85. The van der Waals surface area contributed by atoms with Crippen LogP contribution in [0.2, 0.25) is 0 Å². The normalized spacial score (nSPS) is 11.0. The lowest BCUT2D eigenvalue weighted by Gasteiger charge is -2.04. The molecule has 2 rings (SSSR count). The quantitative estimate of drug-likeness (QED) is 0.676. The molecule has 0 radical (unpaired) electrons. The highest BCUT2D eigenvalue weighted by Gasteiger charge is 2.09. The van der Waals surface area contributed by atoms with Crippen molar-refractivity contribution in [1.82, 2.24) is 5.32 Å². The van der Waals surface area contributed by atoms with Crippen molar-refractivity contribution >= 4 is 12.0 Å². The molecular weight excluding hydrogens is 264 g/mol. The maximum Gasteiger partial charge on any atom is 0.262 e. The lowest BCUT2D eigenvalue weighted by molar-refractivity contribution is -0.117. The fraction of sp³-hybridized carbons (Fsp3) is 0.176. The molecule has 0 saturated heterocycles. The molecule has 0 aliphatic rings. The van der Waals surface area contributed by atoms with E-state index in [-0.39, 0.29) is 11.5 Å². The molecule has 0 atom stereocenters. The second kappa shape index (κ2) is 7.11. The Labute approximate surface area is 123 Å². The van der Waals surface area contributed by atoms with Crippen LogP contribution in [0.1, 0.15) is 17.1 Å². The Morgan fingerprint density at radius 3 is 2.67 bits per heavy atom. The highest BCUT2D eigenvalue weighted by molar-refractivity contribution is 6.01. The minimum Gasteiger partial charge on any atom is -0.462 e. The third kappa shape index (κ3) is 4.36. The van der Waals surface area contributed by atoms with Gasteiger partial charge in [0.15, 0.2) is 0 Å². The highest BCUT2D eigenvalue weighted by Crippen LogP contribution is 2.11. The maximum absolute atomic E-state index is 11.9. The molecule has 0 aliphatic heterocycles. The van der Waals surface area contributed by atoms with E-state index in [9.17, 15) is 4.79 Å². The second-order valence-corrected chi connectivity index (χ2v) is 4.61. The van der Waals surface area contributed by atoms with Crippen LogP contribution in [0.25, 0.3) is 6.08 Å². The van der Waals surface area contributed by atoms with Gasteiger partial charge in [-0.15, -0.1) is 0 Å². The summed E-state index contributed by atoms with van der Waals surface area (Å²) in [5.41, 5.74) is 1.18. The molecule has 0 unspecified atom stereocenters. The van der Waals surface area contributed by atoms with Gasteiger partial charge in [-0.3, -0.25) is 4.79 Å². The number of nitrogens with zero attached hydrogens (tertiary/aromatic N) is 1. The molecule has 106 valence electrons. The van der Waals surface area contributed by atoms with Crippen molar-refractivity contribution in [2.75, 3.05) is 6.54 Å². The molecule has 0 saturated carbocycles. The van der Waals surface area contributed by atoms with Gasteiger partial charge in [0.1, 0.15) is 23.2 Å². The van der Waals surface area contributed by atoms with Crippen LogP contribution in [0.4, 0.5) is 0 Å². The number of amides is 1. The molecule has 2 aromatic rings. The molecule has 0 aliphatic carbocycles. The van der Waals surface area contributed by atoms with Crippen LogP contribution in [0.3, 0.4) is 0 Å². The molecule has 4 nitrogen and oxygen atoms in total. The summed E-state index contributed by atoms with van der Waals surface area (Å²) in [5, 5.41) is 11.8. The Balaban J connectivity index is 1.92. The molecule has 1 aromatic carbocycles. The third-order valence-electron chi connectivity index (χ3n) is 2.95. The summed E-state index contributed by atoms with van der Waals surface area (Å²) >= 11 is 0. The van der Waals surface area contributed by atoms with Gasteiger partial charge >= 0.3 is 0 Å². The number of aryl methyl sites for hydroxylation is 1. The molecule has 0 fully saturated rings. The van der Waals surface area contributed by atoms with Crippen molar-refractivity contribution in [3.63, 3.8) is 0 Å². The van der Waals surface area contributed by atoms with Crippen LogP contribution in [-0.4, -0.2) is 12.5 Å². The van der Waals surface area contributed by atoms with Crippen LogP contribution in [0.15, 0.2) is 52.5 Å². The Kier molecular flexibility index (Phi) is 4.94. The van der Waals surface area contributed by atoms with Crippen LogP contribution in [0, 0.1) is 18.3 Å². The average Bonchev–Trinajstić information content (AvgIpc) is 2.91. The fourth-order valence-electron chi connectivity index (χ4n) is 1.88. The largest absolute Gasteiger partial charge is 0.462 e. The number of furan rings is 1. The van der Waals surface area contributed by atoms with Crippen LogP contribution < -0.4 is 5.32 Å². The van der Waals surface area contributed by atoms with E-state index < -0.39 is 0 Å². The van der Waals surface area contributed by atoms with Crippen LogP contribution in [-0.2, 0) is 11.2 Å². The number of rotatable bonds is 5. The van der Waals surface area contributed by atoms with E-state index >= 15 is 0 Å². The minimum atomic E-state index is -0.387. The lowest BCUT2D eigenvalue weighted by Crippen LogP contribution is -2.26. The van der Waals surface area contributed by atoms with Gasteiger partial charge in [0.25, 0.3) is 5.91 Å². The molecule has 21 heavy (non-hydrogen) atoms. The van der Waals surface area contributed by atoms with Gasteiger partial charge < -0.3 is 9.73 Å². The monoisotopic (exact) mass is 280 g/mol. The highest BCUT2D eigenvalue weighted by atomic mass is 16.3. The number of carbonyl (C=O) groups is 1. The first-order chi connectivity index (χ1) is 10.2. The summed E-state index contributed by atoms with van der Waals surface area (Å²) in [5.74, 6) is 0.854. The first-order valence-electron chi connectivity index (χ1n) is 6.69. The van der Waals surface area contributed by atoms with Crippen LogP contribution in [0.5, 0.6) is 0 Å². The summed E-state index contributed by atoms with van der Waals surface area (Å²) in [6.07, 6.45) is 2.18. The molecule has 1 heterocycles. The number of hydrogen-bond acceptors (Lipinski definition) is 3. The van der Waals surface area contributed by atoms with Gasteiger partial charge in [-0.2, -0.15) is 5.26 Å². The van der Waals surface area contributed by atoms with Gasteiger partial charge in [-0.05, 0) is 31.0 Å². The Morgan fingerprint density at radius 1 is 1.29 bits per heavy atom. The smallest absolute Gasteiger partial charge is 0.262 e. The lowest BCUT2D eigenvalue weighted by atomic mass is 10.1. The Morgan fingerprint density at radius 2 is 2.05 bits per heavy atom. The summed E-state index contributed by atoms with van der Waals surface area (Å²) < 4.78 is 5.33. The number of nitriles is 1. The summed E-state index contributed by atoms with van der Waals surface area (Å²) in [7, 11) is 0. The number of nitrogens with one attached hydrogen (secondary N) is 1. The van der Waals surface area contributed by atoms with Crippen LogP contribution >= 0.6 is 0 Å². The van der Waals surface area contributed by atoms with Gasteiger partial charge in [0, 0.05) is 12.6 Å². The van der Waals surface area contributed by atoms with Gasteiger partial charge in [0.05, 0.1) is 0 Å². The zero-order valence-electron chi connectivity index (χ0n) is 11.8. The second-order valence-electron chi connectivity index (χ2n) is 4.61. The molecule has 0 bridgehead atoms. The van der Waals surface area contributed by atoms with Crippen molar-refractivity contribution in [2.45, 2.75) is 13.3 Å². The van der Waals surface area contributed by atoms with Gasteiger partial charge in [-0.25, -0.2) is 0 Å². The van der Waals surface area contributed by atoms with Gasteiger partial charge in [-0.1, -0.05) is 30.3 Å². The van der Waals surface area contributed by atoms with E-state index in [0.717, 1.165) is 17.7 Å². The molecule has 1 aromatic heterocycles. The Bertz CT molecular complexity index is 678. The summed E-state index contributed by atoms with van der Waals surface area (Å²) in [4.78, 5) is 11.9. The average molecular weight is 280 g/mol. The standard InChI is InChI=1S/C17H16N2O2/c1-13-7-8-16(21-13)11-15(12-18)17(20)19-10-9-14-5-3-2-4-6-14/h2-8,11H,9-10H2,1H3,(H,19,20). The molecule has 1 N–H and O–H groups in total. The van der Waals surface area contributed by atoms with E-state index in [1.807, 2.05) is 43.3 Å². The number of benzene rings is 1. The molecule has 0 spiro atoms. The van der Waals surface area contributed by atoms with Crippen molar-refractivity contribution in [3.8, 4) is 6.07 Å². The zero-order valence-corrected chi connectivity index (χ0v) is 11.8. The Hall–Kier alpha value is -2.80. The molecular formula is C17H16N2O2. The summed E-state index contributed by atoms with van der Waals surface area (Å²) in [6.45, 7) is 2.29. The van der Waals surface area contributed by atoms with E-state index in [4.69, 9.17) is 9.68 Å². The van der Waals surface area contributed by atoms with E-state index in [0.29, 0.717) is 12.3 Å². The minimum absolute atomic E-state index is 0.0393. The van der Waals surface area contributed by atoms with Crippen molar-refractivity contribution in [3.05, 3.63) is 65.1 Å². The zero-order chi connectivity index (χ0) is 15.1. The predicted molar refractivity (Wildman–Crippen MR) is 80.2 cm³/mol. The summed E-state index contributed by atoms with van der Waals surface area (Å²) in [6, 6.07) is 15.3. The third-order valence-corrected chi connectivity index (χ3v) is 2.95. The molecule has 1 amide bonds. The van der Waals surface area contributed by atoms with E-state index in [1.165, 1.54) is 6.08 Å². The first kappa shape index (κ1) is 14.6. The SMILES string of the molecule is Cc1ccc(C=C(C#N)C(=O)NCCc2ccccc2)o1. The number of carbonyl (C=O) groups excluding carboxylic acids is 1.